The Morgan fingerprint density at radius 2 is 1.86 bits per heavy atom. The standard InChI is InChI=1S/C20H26N8/c1-14(2)28-13-23-16-12-22-19(11-17(16)28)24-18-5-6-21-20(25-18)27-9-7-26(8-10-27)15-3-4-15/h5-6,11-15H,3-4,7-10H2,1-2H3,(H,21,22,24,25). The average Bonchev–Trinajstić information content (AvgIpc) is 3.47. The first-order chi connectivity index (χ1) is 13.7. The predicted octanol–water partition coefficient (Wildman–Crippen LogP) is 2.83. The highest BCUT2D eigenvalue weighted by molar-refractivity contribution is 5.78. The van der Waals surface area contributed by atoms with Crippen molar-refractivity contribution in [3.05, 3.63) is 30.9 Å². The van der Waals surface area contributed by atoms with Crippen LogP contribution in [0.5, 0.6) is 0 Å². The zero-order chi connectivity index (χ0) is 19.1. The van der Waals surface area contributed by atoms with E-state index in [2.05, 4.69) is 48.5 Å². The lowest BCUT2D eigenvalue weighted by Gasteiger charge is -2.34. The number of nitrogens with one attached hydrogen (secondary N) is 1. The first-order valence-electron chi connectivity index (χ1n) is 10.1. The van der Waals surface area contributed by atoms with Crippen LogP contribution in [0.4, 0.5) is 17.6 Å². The maximum absolute atomic E-state index is 4.73. The molecule has 1 saturated carbocycles. The topological polar surface area (TPSA) is 75.0 Å². The number of piperazine rings is 1. The van der Waals surface area contributed by atoms with E-state index in [1.807, 2.05) is 24.7 Å². The summed E-state index contributed by atoms with van der Waals surface area (Å²) < 4.78 is 2.15. The largest absolute Gasteiger partial charge is 0.338 e. The van der Waals surface area contributed by atoms with E-state index in [0.29, 0.717) is 6.04 Å². The molecule has 4 heterocycles. The Morgan fingerprint density at radius 3 is 2.61 bits per heavy atom. The van der Waals surface area contributed by atoms with Gasteiger partial charge in [-0.05, 0) is 32.8 Å². The van der Waals surface area contributed by atoms with Crippen LogP contribution >= 0.6 is 0 Å². The summed E-state index contributed by atoms with van der Waals surface area (Å²) in [7, 11) is 0. The van der Waals surface area contributed by atoms with E-state index in [0.717, 1.165) is 60.8 Å². The normalized spacial score (nSPS) is 18.2. The van der Waals surface area contributed by atoms with Crippen molar-refractivity contribution >= 4 is 28.6 Å². The van der Waals surface area contributed by atoms with Gasteiger partial charge in [-0.15, -0.1) is 0 Å². The van der Waals surface area contributed by atoms with Crippen LogP contribution in [0.15, 0.2) is 30.9 Å². The predicted molar refractivity (Wildman–Crippen MR) is 110 cm³/mol. The molecule has 28 heavy (non-hydrogen) atoms. The number of aromatic nitrogens is 5. The highest BCUT2D eigenvalue weighted by Crippen LogP contribution is 2.28. The zero-order valence-electron chi connectivity index (χ0n) is 16.4. The van der Waals surface area contributed by atoms with Gasteiger partial charge in [0.15, 0.2) is 0 Å². The van der Waals surface area contributed by atoms with E-state index in [1.165, 1.54) is 12.8 Å². The molecule has 1 N–H and O–H groups in total. The molecule has 146 valence electrons. The fourth-order valence-electron chi connectivity index (χ4n) is 3.84. The Bertz CT molecular complexity index is 969. The summed E-state index contributed by atoms with van der Waals surface area (Å²) in [6.07, 6.45) is 8.21. The van der Waals surface area contributed by atoms with E-state index in [4.69, 9.17) is 4.98 Å². The maximum atomic E-state index is 4.73. The number of imidazole rings is 1. The summed E-state index contributed by atoms with van der Waals surface area (Å²) in [6.45, 7) is 8.46. The van der Waals surface area contributed by atoms with Gasteiger partial charge >= 0.3 is 0 Å². The molecule has 1 saturated heterocycles. The zero-order valence-corrected chi connectivity index (χ0v) is 16.4. The molecule has 2 aliphatic rings. The highest BCUT2D eigenvalue weighted by atomic mass is 15.3. The van der Waals surface area contributed by atoms with Crippen molar-refractivity contribution < 1.29 is 0 Å². The van der Waals surface area contributed by atoms with Gasteiger partial charge in [0.05, 0.1) is 18.0 Å². The van der Waals surface area contributed by atoms with Crippen LogP contribution in [0.1, 0.15) is 32.7 Å². The second kappa shape index (κ2) is 7.01. The quantitative estimate of drug-likeness (QED) is 0.732. The van der Waals surface area contributed by atoms with E-state index < -0.39 is 0 Å². The first kappa shape index (κ1) is 17.4. The van der Waals surface area contributed by atoms with Crippen molar-refractivity contribution in [3.63, 3.8) is 0 Å². The van der Waals surface area contributed by atoms with Crippen LogP contribution in [0, 0.1) is 0 Å². The number of hydrogen-bond donors (Lipinski definition) is 1. The third-order valence-electron chi connectivity index (χ3n) is 5.58. The van der Waals surface area contributed by atoms with Crippen LogP contribution in [0.2, 0.25) is 0 Å². The van der Waals surface area contributed by atoms with Crippen molar-refractivity contribution in [1.29, 1.82) is 0 Å². The lowest BCUT2D eigenvalue weighted by molar-refractivity contribution is 0.247. The van der Waals surface area contributed by atoms with E-state index >= 15 is 0 Å². The second-order valence-electron chi connectivity index (χ2n) is 7.92. The molecule has 3 aromatic heterocycles. The van der Waals surface area contributed by atoms with Gasteiger partial charge in [0.25, 0.3) is 0 Å². The smallest absolute Gasteiger partial charge is 0.227 e. The number of pyridine rings is 1. The van der Waals surface area contributed by atoms with Gasteiger partial charge in [-0.3, -0.25) is 4.90 Å². The number of hydrogen-bond acceptors (Lipinski definition) is 7. The number of fused-ring (bicyclic) bond motifs is 1. The van der Waals surface area contributed by atoms with Crippen LogP contribution in [-0.2, 0) is 0 Å². The molecule has 0 bridgehead atoms. The van der Waals surface area contributed by atoms with Crippen molar-refractivity contribution in [2.45, 2.75) is 38.8 Å². The van der Waals surface area contributed by atoms with Crippen LogP contribution in [0.25, 0.3) is 11.0 Å². The van der Waals surface area contributed by atoms with E-state index in [-0.39, 0.29) is 0 Å². The number of nitrogens with zero attached hydrogens (tertiary/aromatic N) is 7. The van der Waals surface area contributed by atoms with Crippen molar-refractivity contribution in [3.8, 4) is 0 Å². The minimum atomic E-state index is 0.347. The fraction of sp³-hybridized carbons (Fsp3) is 0.500. The van der Waals surface area contributed by atoms with Gasteiger partial charge in [0.2, 0.25) is 5.95 Å². The van der Waals surface area contributed by atoms with Crippen LogP contribution in [-0.4, -0.2) is 61.6 Å². The Morgan fingerprint density at radius 1 is 1.04 bits per heavy atom. The van der Waals surface area contributed by atoms with E-state index in [1.54, 1.807) is 6.20 Å². The van der Waals surface area contributed by atoms with Gasteiger partial charge in [0.1, 0.15) is 17.2 Å². The van der Waals surface area contributed by atoms with Crippen molar-refractivity contribution in [2.75, 3.05) is 36.4 Å². The summed E-state index contributed by atoms with van der Waals surface area (Å²) in [5.74, 6) is 2.31. The summed E-state index contributed by atoms with van der Waals surface area (Å²) in [5, 5.41) is 3.33. The number of rotatable bonds is 5. The second-order valence-corrected chi connectivity index (χ2v) is 7.92. The third-order valence-corrected chi connectivity index (χ3v) is 5.58. The molecular formula is C20H26N8. The molecule has 1 aliphatic heterocycles. The Labute approximate surface area is 164 Å². The molecular weight excluding hydrogens is 352 g/mol. The first-order valence-corrected chi connectivity index (χ1v) is 10.1. The van der Waals surface area contributed by atoms with Crippen LogP contribution in [0.3, 0.4) is 0 Å². The van der Waals surface area contributed by atoms with Crippen molar-refractivity contribution in [2.24, 2.45) is 0 Å². The average molecular weight is 378 g/mol. The Balaban J connectivity index is 1.32. The molecule has 8 heteroatoms. The summed E-state index contributed by atoms with van der Waals surface area (Å²) in [4.78, 5) is 23.0. The monoisotopic (exact) mass is 378 g/mol. The van der Waals surface area contributed by atoms with Gasteiger partial charge in [-0.2, -0.15) is 4.98 Å². The van der Waals surface area contributed by atoms with E-state index in [9.17, 15) is 0 Å². The molecule has 0 unspecified atom stereocenters. The molecule has 0 radical (unpaired) electrons. The molecule has 3 aromatic rings. The third kappa shape index (κ3) is 3.40. The fourth-order valence-corrected chi connectivity index (χ4v) is 3.84. The molecule has 8 nitrogen and oxygen atoms in total. The summed E-state index contributed by atoms with van der Waals surface area (Å²) >= 11 is 0. The van der Waals surface area contributed by atoms with Gasteiger partial charge in [0, 0.05) is 50.5 Å². The molecule has 1 aliphatic carbocycles. The minimum Gasteiger partial charge on any atom is -0.338 e. The lowest BCUT2D eigenvalue weighted by Crippen LogP contribution is -2.47. The molecule has 5 rings (SSSR count). The lowest BCUT2D eigenvalue weighted by atomic mass is 10.3. The minimum absolute atomic E-state index is 0.347. The summed E-state index contributed by atoms with van der Waals surface area (Å²) in [6, 6.07) is 5.09. The van der Waals surface area contributed by atoms with Gasteiger partial charge in [-0.25, -0.2) is 15.0 Å². The molecule has 0 spiro atoms. The molecule has 0 atom stereocenters. The maximum Gasteiger partial charge on any atom is 0.227 e. The van der Waals surface area contributed by atoms with Gasteiger partial charge in [-0.1, -0.05) is 0 Å². The molecule has 0 aromatic carbocycles. The molecule has 0 amide bonds. The highest BCUT2D eigenvalue weighted by Gasteiger charge is 2.31. The summed E-state index contributed by atoms with van der Waals surface area (Å²) in [5.41, 5.74) is 1.97. The molecule has 2 fully saturated rings. The van der Waals surface area contributed by atoms with Crippen molar-refractivity contribution in [1.82, 2.24) is 29.4 Å². The van der Waals surface area contributed by atoms with Gasteiger partial charge < -0.3 is 14.8 Å². The SMILES string of the molecule is CC(C)n1cnc2cnc(Nc3ccnc(N4CCN(C5CC5)CC4)n3)cc21. The number of anilines is 3. The van der Waals surface area contributed by atoms with Crippen LogP contribution < -0.4 is 10.2 Å². The Kier molecular flexibility index (Phi) is 4.35. The Hall–Kier alpha value is -2.74.